The van der Waals surface area contributed by atoms with Gasteiger partial charge in [0.2, 0.25) is 0 Å². The second kappa shape index (κ2) is 5.31. The van der Waals surface area contributed by atoms with Crippen LogP contribution in [0.25, 0.3) is 17.0 Å². The maximum atomic E-state index is 11.5. The Morgan fingerprint density at radius 2 is 2.24 bits per heavy atom. The van der Waals surface area contributed by atoms with Gasteiger partial charge in [-0.25, -0.2) is 4.98 Å². The summed E-state index contributed by atoms with van der Waals surface area (Å²) in [5.74, 6) is 5.68. The molecule has 0 fully saturated rings. The number of carbonyl (C=O) groups is 1. The molecule has 25 heavy (non-hydrogen) atoms. The average molecular weight is 335 g/mol. The molecule has 1 amide bonds. The Bertz CT molecular complexity index is 989. The maximum absolute atomic E-state index is 11.5. The van der Waals surface area contributed by atoms with Crippen molar-refractivity contribution in [1.82, 2.24) is 9.55 Å². The fourth-order valence-corrected chi connectivity index (χ4v) is 3.10. The molecule has 6 heteroatoms. The number of imidazole rings is 1. The largest absolute Gasteiger partial charge is 0.392 e. The molecule has 0 saturated heterocycles. The second-order valence-corrected chi connectivity index (χ2v) is 6.63. The van der Waals surface area contributed by atoms with Gasteiger partial charge in [-0.2, -0.15) is 0 Å². The minimum absolute atomic E-state index is 0.183. The minimum atomic E-state index is -1.45. The molecule has 0 spiro atoms. The number of aliphatic hydroxyl groups is 2. The predicted molar refractivity (Wildman–Crippen MR) is 92.4 cm³/mol. The van der Waals surface area contributed by atoms with Gasteiger partial charge in [-0.15, -0.1) is 0 Å². The zero-order valence-electron chi connectivity index (χ0n) is 13.7. The summed E-state index contributed by atoms with van der Waals surface area (Å²) in [6, 6.07) is 5.92. The van der Waals surface area contributed by atoms with E-state index in [1.165, 1.54) is 12.5 Å². The zero-order chi connectivity index (χ0) is 17.8. The Hall–Kier alpha value is -2.88. The summed E-state index contributed by atoms with van der Waals surface area (Å²) < 4.78 is 1.97. The number of carbonyl (C=O) groups excluding carboxylic acids is 1. The van der Waals surface area contributed by atoms with Crippen molar-refractivity contribution in [3.05, 3.63) is 47.3 Å². The van der Waals surface area contributed by atoms with Gasteiger partial charge in [-0.3, -0.25) is 4.79 Å². The third-order valence-corrected chi connectivity index (χ3v) is 4.56. The van der Waals surface area contributed by atoms with Gasteiger partial charge in [0.05, 0.1) is 12.6 Å². The van der Waals surface area contributed by atoms with E-state index in [1.54, 1.807) is 6.20 Å². The monoisotopic (exact) mass is 335 g/mol. The lowest BCUT2D eigenvalue weighted by atomic mass is 9.86. The van der Waals surface area contributed by atoms with E-state index in [0.717, 1.165) is 17.5 Å². The van der Waals surface area contributed by atoms with E-state index >= 15 is 0 Å². The molecule has 3 aliphatic rings. The molecule has 2 aromatic rings. The fraction of sp³-hybridized carbons (Fsp3) is 0.263. The van der Waals surface area contributed by atoms with Crippen LogP contribution in [0.2, 0.25) is 0 Å². The van der Waals surface area contributed by atoms with Crippen molar-refractivity contribution < 1.29 is 15.0 Å². The van der Waals surface area contributed by atoms with E-state index in [0.29, 0.717) is 11.4 Å². The summed E-state index contributed by atoms with van der Waals surface area (Å²) in [6.45, 7) is 1.01. The molecule has 2 unspecified atom stereocenters. The molecule has 2 aliphatic heterocycles. The highest BCUT2D eigenvalue weighted by molar-refractivity contribution is 5.92. The van der Waals surface area contributed by atoms with Crippen LogP contribution in [-0.2, 0) is 0 Å². The lowest BCUT2D eigenvalue weighted by Crippen LogP contribution is -2.26. The number of aromatic nitrogens is 2. The number of aliphatic hydroxyl groups excluding tert-OH is 1. The van der Waals surface area contributed by atoms with Crippen molar-refractivity contribution in [2.24, 2.45) is 5.73 Å². The van der Waals surface area contributed by atoms with Gasteiger partial charge in [0, 0.05) is 17.3 Å². The highest BCUT2D eigenvalue weighted by atomic mass is 16.3. The first-order valence-electron chi connectivity index (χ1n) is 7.98. The first-order chi connectivity index (χ1) is 11.9. The van der Waals surface area contributed by atoms with Crippen molar-refractivity contribution >= 4 is 11.5 Å². The fourth-order valence-electron chi connectivity index (χ4n) is 3.10. The molecular formula is C19H17N3O3. The van der Waals surface area contributed by atoms with E-state index < -0.39 is 18.1 Å². The predicted octanol–water partition coefficient (Wildman–Crippen LogP) is 1.09. The third-order valence-electron chi connectivity index (χ3n) is 4.56. The number of allylic oxidation sites excluding steroid dienone is 2. The van der Waals surface area contributed by atoms with Crippen LogP contribution in [0.3, 0.4) is 0 Å². The van der Waals surface area contributed by atoms with Crippen molar-refractivity contribution in [1.29, 1.82) is 0 Å². The van der Waals surface area contributed by atoms with Crippen molar-refractivity contribution in [3.8, 4) is 23.2 Å². The maximum Gasteiger partial charge on any atom is 0.268 e. The molecule has 4 N–H and O–H groups in total. The molecule has 6 nitrogen and oxygen atoms in total. The van der Waals surface area contributed by atoms with Crippen molar-refractivity contribution in [2.75, 3.05) is 6.61 Å². The van der Waals surface area contributed by atoms with E-state index in [4.69, 9.17) is 10.8 Å². The smallest absolute Gasteiger partial charge is 0.268 e. The Kier molecular flexibility index (Phi) is 3.32. The molecule has 1 aromatic carbocycles. The van der Waals surface area contributed by atoms with Gasteiger partial charge in [0.25, 0.3) is 5.91 Å². The molecule has 5 rings (SSSR count). The number of primary amides is 1. The molecule has 0 saturated carbocycles. The van der Waals surface area contributed by atoms with E-state index in [2.05, 4.69) is 22.9 Å². The van der Waals surface area contributed by atoms with Crippen LogP contribution in [0.15, 0.2) is 30.5 Å². The van der Waals surface area contributed by atoms with Gasteiger partial charge in [0.15, 0.2) is 0 Å². The van der Waals surface area contributed by atoms with Gasteiger partial charge in [-0.1, -0.05) is 24.0 Å². The van der Waals surface area contributed by atoms with E-state index in [-0.39, 0.29) is 11.7 Å². The Morgan fingerprint density at radius 1 is 1.48 bits per heavy atom. The highest BCUT2D eigenvalue weighted by Gasteiger charge is 2.32. The first kappa shape index (κ1) is 15.6. The molecule has 2 bridgehead atoms. The van der Waals surface area contributed by atoms with Gasteiger partial charge < -0.3 is 20.5 Å². The molecule has 0 radical (unpaired) electrons. The Balaban J connectivity index is 1.85. The standard InChI is InChI=1S/C19H17N3O3/c1-19(25,10-23)5-4-11-2-3-14-12-7-13(8-12)22-9-16(17(20)24)21-18(22)15(14)6-11/h2-3,6-7,9,13,23,25H,8,10H2,1H3,(H2,20,24). The summed E-state index contributed by atoms with van der Waals surface area (Å²) in [5.41, 5.74) is 8.06. The molecule has 126 valence electrons. The third kappa shape index (κ3) is 2.54. The van der Waals surface area contributed by atoms with Gasteiger partial charge in [0.1, 0.15) is 17.1 Å². The SMILES string of the molecule is CC(O)(C#Cc1ccc2c(c1)-c1nc(C(N)=O)cn1C1C=C2C1)CO. The summed E-state index contributed by atoms with van der Waals surface area (Å²) in [5, 5.41) is 18.9. The van der Waals surface area contributed by atoms with Crippen LogP contribution in [0.4, 0.5) is 0 Å². The molecule has 1 aliphatic carbocycles. The first-order valence-corrected chi connectivity index (χ1v) is 7.98. The molecule has 3 heterocycles. The van der Waals surface area contributed by atoms with Crippen LogP contribution >= 0.6 is 0 Å². The number of nitrogens with zero attached hydrogens (tertiary/aromatic N) is 2. The highest BCUT2D eigenvalue weighted by Crippen LogP contribution is 2.46. The Labute approximate surface area is 144 Å². The van der Waals surface area contributed by atoms with Crippen LogP contribution < -0.4 is 5.73 Å². The lowest BCUT2D eigenvalue weighted by Gasteiger charge is -2.24. The van der Waals surface area contributed by atoms with Crippen LogP contribution in [0, 0.1) is 11.8 Å². The van der Waals surface area contributed by atoms with Gasteiger partial charge >= 0.3 is 0 Å². The minimum Gasteiger partial charge on any atom is -0.392 e. The topological polar surface area (TPSA) is 101 Å². The number of benzene rings is 1. The van der Waals surface area contributed by atoms with Crippen LogP contribution in [0.5, 0.6) is 0 Å². The van der Waals surface area contributed by atoms with E-state index in [9.17, 15) is 9.90 Å². The molecular weight excluding hydrogens is 318 g/mol. The number of nitrogens with two attached hydrogens (primary N) is 1. The van der Waals surface area contributed by atoms with E-state index in [1.807, 2.05) is 22.8 Å². The molecule has 1 aromatic heterocycles. The average Bonchev–Trinajstić information content (AvgIpc) is 2.88. The number of hydrogen-bond acceptors (Lipinski definition) is 4. The van der Waals surface area contributed by atoms with Crippen molar-refractivity contribution in [2.45, 2.75) is 25.0 Å². The van der Waals surface area contributed by atoms with Crippen LogP contribution in [-0.4, -0.2) is 37.9 Å². The number of rotatable bonds is 2. The number of hydrogen-bond donors (Lipinski definition) is 3. The lowest BCUT2D eigenvalue weighted by molar-refractivity contribution is 0.0519. The summed E-state index contributed by atoms with van der Waals surface area (Å²) in [7, 11) is 0. The Morgan fingerprint density at radius 3 is 2.92 bits per heavy atom. The second-order valence-electron chi connectivity index (χ2n) is 6.63. The number of amides is 1. The van der Waals surface area contributed by atoms with Crippen molar-refractivity contribution in [3.63, 3.8) is 0 Å². The molecule has 2 atom stereocenters. The van der Waals surface area contributed by atoms with Gasteiger partial charge in [-0.05, 0) is 36.6 Å². The zero-order valence-corrected chi connectivity index (χ0v) is 13.7. The quantitative estimate of drug-likeness (QED) is 0.715. The van der Waals surface area contributed by atoms with Crippen LogP contribution in [0.1, 0.15) is 41.0 Å². The summed E-state index contributed by atoms with van der Waals surface area (Å²) in [4.78, 5) is 15.9. The normalized spacial score (nSPS) is 19.2. The summed E-state index contributed by atoms with van der Waals surface area (Å²) in [6.07, 6.45) is 4.74. The summed E-state index contributed by atoms with van der Waals surface area (Å²) >= 11 is 0.